The average molecular weight is 434 g/mol. The molecule has 156 valence electrons. The number of amides is 1. The first-order valence-corrected chi connectivity index (χ1v) is 11.0. The van der Waals surface area contributed by atoms with Crippen molar-refractivity contribution in [3.8, 4) is 11.5 Å². The van der Waals surface area contributed by atoms with Gasteiger partial charge in [0.2, 0.25) is 0 Å². The molecule has 0 fully saturated rings. The fourth-order valence-electron chi connectivity index (χ4n) is 2.93. The number of hydrogen-bond acceptors (Lipinski definition) is 6. The summed E-state index contributed by atoms with van der Waals surface area (Å²) in [7, 11) is -3.62. The highest BCUT2D eigenvalue weighted by molar-refractivity contribution is 7.90. The molecule has 7 nitrogen and oxygen atoms in total. The summed E-state index contributed by atoms with van der Waals surface area (Å²) < 4.78 is 36.3. The Kier molecular flexibility index (Phi) is 5.81. The lowest BCUT2D eigenvalue weighted by Gasteiger charge is -2.09. The fraction of sp³-hybridized carbons (Fsp3) is 0.0435. The third-order valence-electron chi connectivity index (χ3n) is 4.38. The highest BCUT2D eigenvalue weighted by Gasteiger charge is 2.22. The molecule has 0 aliphatic rings. The number of ether oxygens (including phenoxy) is 1. The number of benzene rings is 2. The first kappa shape index (κ1) is 20.4. The minimum Gasteiger partial charge on any atom is -0.459 e. The van der Waals surface area contributed by atoms with Crippen LogP contribution in [0.5, 0.6) is 11.5 Å². The largest absolute Gasteiger partial charge is 0.459 e. The molecular formula is C23H18N2O5S. The predicted octanol–water partition coefficient (Wildman–Crippen LogP) is 4.69. The first-order chi connectivity index (χ1) is 15.0. The smallest absolute Gasteiger partial charge is 0.291 e. The van der Waals surface area contributed by atoms with Gasteiger partial charge in [-0.15, -0.1) is 0 Å². The molecule has 0 spiro atoms. The van der Waals surface area contributed by atoms with E-state index < -0.39 is 15.7 Å². The van der Waals surface area contributed by atoms with Crippen molar-refractivity contribution in [3.63, 3.8) is 0 Å². The van der Waals surface area contributed by atoms with Gasteiger partial charge in [-0.25, -0.2) is 8.42 Å². The Hall–Kier alpha value is -3.91. The van der Waals surface area contributed by atoms with Crippen molar-refractivity contribution in [2.24, 2.45) is 0 Å². The molecular weight excluding hydrogens is 416 g/mol. The zero-order chi connectivity index (χ0) is 21.7. The second kappa shape index (κ2) is 8.85. The topological polar surface area (TPSA) is 98.5 Å². The van der Waals surface area contributed by atoms with Crippen LogP contribution in [0.25, 0.3) is 0 Å². The summed E-state index contributed by atoms with van der Waals surface area (Å²) >= 11 is 0. The van der Waals surface area contributed by atoms with Crippen molar-refractivity contribution in [2.75, 3.05) is 5.32 Å². The maximum atomic E-state index is 12.7. The summed E-state index contributed by atoms with van der Waals surface area (Å²) in [6.07, 6.45) is 4.53. The molecule has 1 N–H and O–H groups in total. The highest BCUT2D eigenvalue weighted by Crippen LogP contribution is 2.25. The van der Waals surface area contributed by atoms with Gasteiger partial charge < -0.3 is 14.5 Å². The van der Waals surface area contributed by atoms with Gasteiger partial charge in [0.15, 0.2) is 15.6 Å². The molecule has 0 aliphatic heterocycles. The Morgan fingerprint density at radius 2 is 1.71 bits per heavy atom. The van der Waals surface area contributed by atoms with Crippen molar-refractivity contribution in [2.45, 2.75) is 10.6 Å². The van der Waals surface area contributed by atoms with Gasteiger partial charge in [0.25, 0.3) is 5.91 Å². The molecule has 2 heterocycles. The number of aromatic nitrogens is 1. The number of rotatable bonds is 7. The van der Waals surface area contributed by atoms with Crippen LogP contribution in [-0.2, 0) is 15.6 Å². The minimum atomic E-state index is -3.62. The summed E-state index contributed by atoms with van der Waals surface area (Å²) in [5.74, 6) is 0.180. The van der Waals surface area contributed by atoms with E-state index in [1.165, 1.54) is 24.5 Å². The minimum absolute atomic E-state index is 0.0556. The van der Waals surface area contributed by atoms with Gasteiger partial charge in [-0.1, -0.05) is 24.3 Å². The van der Waals surface area contributed by atoms with E-state index in [0.29, 0.717) is 17.2 Å². The van der Waals surface area contributed by atoms with Gasteiger partial charge in [-0.05, 0) is 42.5 Å². The van der Waals surface area contributed by atoms with Crippen molar-refractivity contribution >= 4 is 21.4 Å². The standard InChI is InChI=1S/C23H18N2O5S/c26-23(25-18-5-4-6-20(15-18)30-19-9-12-24-13-10-19)22-17(11-14-29-22)16-31(27,28)21-7-2-1-3-8-21/h1-15H,16H2,(H,25,26). The van der Waals surface area contributed by atoms with Crippen LogP contribution in [0.2, 0.25) is 0 Å². The molecule has 0 bridgehead atoms. The van der Waals surface area contributed by atoms with Crippen molar-refractivity contribution in [1.29, 1.82) is 0 Å². The lowest BCUT2D eigenvalue weighted by Crippen LogP contribution is -2.14. The second-order valence-corrected chi connectivity index (χ2v) is 8.60. The number of anilines is 1. The first-order valence-electron chi connectivity index (χ1n) is 9.35. The lowest BCUT2D eigenvalue weighted by atomic mass is 10.2. The van der Waals surface area contributed by atoms with Gasteiger partial charge in [-0.3, -0.25) is 9.78 Å². The third-order valence-corrected chi connectivity index (χ3v) is 6.06. The molecule has 2 aromatic carbocycles. The van der Waals surface area contributed by atoms with Crippen LogP contribution >= 0.6 is 0 Å². The molecule has 1 amide bonds. The monoisotopic (exact) mass is 434 g/mol. The maximum Gasteiger partial charge on any atom is 0.291 e. The average Bonchev–Trinajstić information content (AvgIpc) is 3.23. The molecule has 31 heavy (non-hydrogen) atoms. The normalized spacial score (nSPS) is 11.1. The summed E-state index contributed by atoms with van der Waals surface area (Å²) in [4.78, 5) is 16.9. The number of furan rings is 1. The maximum absolute atomic E-state index is 12.7. The molecule has 2 aromatic heterocycles. The zero-order valence-electron chi connectivity index (χ0n) is 16.3. The molecule has 0 unspecified atom stereocenters. The van der Waals surface area contributed by atoms with Gasteiger partial charge in [0.1, 0.15) is 11.5 Å². The Morgan fingerprint density at radius 1 is 0.935 bits per heavy atom. The van der Waals surface area contributed by atoms with E-state index in [1.807, 2.05) is 0 Å². The van der Waals surface area contributed by atoms with Gasteiger partial charge in [-0.2, -0.15) is 0 Å². The summed E-state index contributed by atoms with van der Waals surface area (Å²) in [6.45, 7) is 0. The Morgan fingerprint density at radius 3 is 2.48 bits per heavy atom. The van der Waals surface area contributed by atoms with E-state index in [4.69, 9.17) is 9.15 Å². The second-order valence-electron chi connectivity index (χ2n) is 6.61. The van der Waals surface area contributed by atoms with Crippen molar-refractivity contribution < 1.29 is 22.4 Å². The van der Waals surface area contributed by atoms with Gasteiger partial charge in [0.05, 0.1) is 16.9 Å². The van der Waals surface area contributed by atoms with Crippen LogP contribution in [0.15, 0.2) is 101 Å². The zero-order valence-corrected chi connectivity index (χ0v) is 17.1. The van der Waals surface area contributed by atoms with Crippen molar-refractivity contribution in [3.05, 3.63) is 103 Å². The molecule has 0 saturated carbocycles. The van der Waals surface area contributed by atoms with E-state index in [2.05, 4.69) is 10.3 Å². The summed E-state index contributed by atoms with van der Waals surface area (Å²) in [5, 5.41) is 2.72. The highest BCUT2D eigenvalue weighted by atomic mass is 32.2. The number of carbonyl (C=O) groups is 1. The van der Waals surface area contributed by atoms with Gasteiger partial charge >= 0.3 is 0 Å². The van der Waals surface area contributed by atoms with Crippen LogP contribution in [0.3, 0.4) is 0 Å². The van der Waals surface area contributed by atoms with Crippen LogP contribution in [0, 0.1) is 0 Å². The van der Waals surface area contributed by atoms with E-state index >= 15 is 0 Å². The fourth-order valence-corrected chi connectivity index (χ4v) is 4.31. The number of carbonyl (C=O) groups excluding carboxylic acids is 1. The Labute approximate surface area is 179 Å². The van der Waals surface area contributed by atoms with Crippen LogP contribution < -0.4 is 10.1 Å². The molecule has 0 saturated heterocycles. The Bertz CT molecular complexity index is 1290. The number of nitrogens with zero attached hydrogens (tertiary/aromatic N) is 1. The summed E-state index contributed by atoms with van der Waals surface area (Å²) in [5.41, 5.74) is 0.760. The molecule has 0 atom stereocenters. The molecule has 8 heteroatoms. The SMILES string of the molecule is O=C(Nc1cccc(Oc2ccncc2)c1)c1occc1CS(=O)(=O)c1ccccc1. The van der Waals surface area contributed by atoms with Crippen LogP contribution in [0.1, 0.15) is 16.1 Å². The van der Waals surface area contributed by atoms with Crippen LogP contribution in [0.4, 0.5) is 5.69 Å². The number of hydrogen-bond donors (Lipinski definition) is 1. The molecule has 4 rings (SSSR count). The number of sulfone groups is 1. The van der Waals surface area contributed by atoms with E-state index in [9.17, 15) is 13.2 Å². The quantitative estimate of drug-likeness (QED) is 0.453. The van der Waals surface area contributed by atoms with Gasteiger partial charge in [0, 0.05) is 29.7 Å². The lowest BCUT2D eigenvalue weighted by molar-refractivity contribution is 0.0996. The van der Waals surface area contributed by atoms with Crippen molar-refractivity contribution in [1.82, 2.24) is 4.98 Å². The Balaban J connectivity index is 1.49. The predicted molar refractivity (Wildman–Crippen MR) is 115 cm³/mol. The van der Waals surface area contributed by atoms with Crippen LogP contribution in [-0.4, -0.2) is 19.3 Å². The van der Waals surface area contributed by atoms with E-state index in [0.717, 1.165) is 0 Å². The summed E-state index contributed by atoms with van der Waals surface area (Å²) in [6, 6.07) is 19.8. The number of nitrogens with one attached hydrogen (secondary N) is 1. The molecule has 0 aliphatic carbocycles. The molecule has 4 aromatic rings. The number of pyridine rings is 1. The van der Waals surface area contributed by atoms with E-state index in [1.54, 1.807) is 67.0 Å². The third kappa shape index (κ3) is 4.99. The molecule has 0 radical (unpaired) electrons. The van der Waals surface area contributed by atoms with E-state index in [-0.39, 0.29) is 22.0 Å².